The van der Waals surface area contributed by atoms with Crippen molar-refractivity contribution in [3.05, 3.63) is 0 Å². The summed E-state index contributed by atoms with van der Waals surface area (Å²) >= 11 is 1.41. The number of aliphatic hydroxyl groups is 1. The van der Waals surface area contributed by atoms with E-state index in [1.54, 1.807) is 11.7 Å². The van der Waals surface area contributed by atoms with E-state index < -0.39 is 12.1 Å². The molecule has 2 rings (SSSR count). The second-order valence-electron chi connectivity index (χ2n) is 5.31. The van der Waals surface area contributed by atoms with Crippen molar-refractivity contribution in [1.29, 1.82) is 0 Å². The van der Waals surface area contributed by atoms with Crippen molar-refractivity contribution in [1.82, 2.24) is 25.9 Å². The van der Waals surface area contributed by atoms with Gasteiger partial charge in [-0.15, -0.1) is 5.10 Å². The maximum atomic E-state index is 10.1. The number of hydrogen-bond acceptors (Lipinski definition) is 5. The minimum Gasteiger partial charge on any atom is -0.391 e. The molecule has 0 aliphatic heterocycles. The second kappa shape index (κ2) is 7.21. The average Bonchev–Trinajstić information content (AvgIpc) is 2.82. The van der Waals surface area contributed by atoms with Crippen LogP contribution in [0.15, 0.2) is 5.16 Å². The molecule has 6 nitrogen and oxygen atoms in total. The Hall–Kier alpha value is -0.660. The summed E-state index contributed by atoms with van der Waals surface area (Å²) in [5.41, 5.74) is 8.07. The van der Waals surface area contributed by atoms with E-state index in [1.165, 1.54) is 43.9 Å². The first kappa shape index (κ1) is 14.7. The van der Waals surface area contributed by atoms with Gasteiger partial charge in [-0.25, -0.2) is 4.68 Å². The molecule has 2 atom stereocenters. The van der Waals surface area contributed by atoms with Crippen LogP contribution in [-0.4, -0.2) is 43.2 Å². The van der Waals surface area contributed by atoms with Crippen molar-refractivity contribution in [2.45, 2.75) is 55.8 Å². The lowest BCUT2D eigenvalue weighted by Crippen LogP contribution is -2.32. The van der Waals surface area contributed by atoms with E-state index >= 15 is 0 Å². The van der Waals surface area contributed by atoms with Gasteiger partial charge in [-0.2, -0.15) is 0 Å². The van der Waals surface area contributed by atoms with Gasteiger partial charge in [0.15, 0.2) is 0 Å². The number of rotatable bonds is 6. The molecule has 2 N–H and O–H groups in total. The minimum atomic E-state index is -0.608. The van der Waals surface area contributed by atoms with Gasteiger partial charge >= 0.3 is 0 Å². The van der Waals surface area contributed by atoms with Crippen LogP contribution < -0.4 is 5.73 Å². The van der Waals surface area contributed by atoms with Crippen molar-refractivity contribution in [3.8, 4) is 0 Å². The highest BCUT2D eigenvalue weighted by Crippen LogP contribution is 2.28. The Morgan fingerprint density at radius 3 is 2.79 bits per heavy atom. The van der Waals surface area contributed by atoms with Crippen LogP contribution in [-0.2, 0) is 7.05 Å². The van der Waals surface area contributed by atoms with Gasteiger partial charge in [0.2, 0.25) is 5.16 Å². The molecule has 107 valence electrons. The Morgan fingerprint density at radius 2 is 2.16 bits per heavy atom. The molecule has 0 spiro atoms. The van der Waals surface area contributed by atoms with Crippen LogP contribution in [0, 0.1) is 5.92 Å². The Bertz CT molecular complexity index is 380. The van der Waals surface area contributed by atoms with Gasteiger partial charge in [0, 0.05) is 18.8 Å². The molecule has 1 aliphatic carbocycles. The van der Waals surface area contributed by atoms with E-state index in [9.17, 15) is 5.11 Å². The Balaban J connectivity index is 1.72. The fourth-order valence-electron chi connectivity index (χ4n) is 2.56. The maximum absolute atomic E-state index is 10.1. The number of tetrazole rings is 1. The van der Waals surface area contributed by atoms with Gasteiger partial charge in [-0.05, 0) is 22.8 Å². The van der Waals surface area contributed by atoms with Crippen molar-refractivity contribution >= 4 is 11.8 Å². The summed E-state index contributed by atoms with van der Waals surface area (Å²) in [5.74, 6) is 1.11. The molecule has 1 aromatic rings. The molecular formula is C12H22N5OS. The zero-order valence-electron chi connectivity index (χ0n) is 11.3. The third-order valence-corrected chi connectivity index (χ3v) is 4.85. The van der Waals surface area contributed by atoms with Crippen molar-refractivity contribution in [2.75, 3.05) is 5.75 Å². The van der Waals surface area contributed by atoms with Crippen LogP contribution >= 0.6 is 11.8 Å². The Morgan fingerprint density at radius 1 is 1.42 bits per heavy atom. The molecule has 1 aromatic heterocycles. The lowest BCUT2D eigenvalue weighted by molar-refractivity contribution is 0.144. The van der Waals surface area contributed by atoms with Crippen LogP contribution in [0.25, 0.3) is 0 Å². The van der Waals surface area contributed by atoms with Gasteiger partial charge in [0.05, 0.1) is 6.10 Å². The number of aromatic nitrogens is 4. The smallest absolute Gasteiger partial charge is 0.209 e. The number of aryl methyl sites for hydroxylation is 1. The number of nitrogens with zero attached hydrogens (tertiary/aromatic N) is 4. The molecular weight excluding hydrogens is 262 g/mol. The van der Waals surface area contributed by atoms with Crippen molar-refractivity contribution in [3.63, 3.8) is 0 Å². The summed E-state index contributed by atoms with van der Waals surface area (Å²) in [4.78, 5) is 0. The third-order valence-electron chi connectivity index (χ3n) is 3.74. The van der Waals surface area contributed by atoms with Gasteiger partial charge in [0.1, 0.15) is 0 Å². The quantitative estimate of drug-likeness (QED) is 0.795. The number of thioether (sulfide) groups is 1. The monoisotopic (exact) mass is 284 g/mol. The highest BCUT2D eigenvalue weighted by molar-refractivity contribution is 7.99. The van der Waals surface area contributed by atoms with Gasteiger partial charge in [-0.3, -0.25) is 5.73 Å². The maximum Gasteiger partial charge on any atom is 0.209 e. The minimum absolute atomic E-state index is 0.392. The summed E-state index contributed by atoms with van der Waals surface area (Å²) in [7, 11) is 1.77. The number of nitrogens with one attached hydrogen (secondary N) is 1. The van der Waals surface area contributed by atoms with E-state index in [1.807, 2.05) is 0 Å². The first-order valence-electron chi connectivity index (χ1n) is 6.91. The zero-order valence-corrected chi connectivity index (χ0v) is 12.1. The van der Waals surface area contributed by atoms with E-state index in [0.29, 0.717) is 16.8 Å². The van der Waals surface area contributed by atoms with Crippen molar-refractivity contribution in [2.24, 2.45) is 13.0 Å². The highest BCUT2D eigenvalue weighted by atomic mass is 32.2. The normalized spacial score (nSPS) is 20.4. The number of aliphatic hydroxyl groups excluding tert-OH is 1. The van der Waals surface area contributed by atoms with Crippen LogP contribution in [0.3, 0.4) is 0 Å². The fourth-order valence-corrected chi connectivity index (χ4v) is 3.43. The molecule has 1 saturated carbocycles. The largest absolute Gasteiger partial charge is 0.391 e. The third kappa shape index (κ3) is 4.43. The molecule has 0 saturated heterocycles. The molecule has 0 amide bonds. The Labute approximate surface area is 118 Å². The van der Waals surface area contributed by atoms with Crippen LogP contribution in [0.4, 0.5) is 0 Å². The van der Waals surface area contributed by atoms with Crippen LogP contribution in [0.1, 0.15) is 38.5 Å². The van der Waals surface area contributed by atoms with Crippen LogP contribution in [0.5, 0.6) is 0 Å². The number of hydrogen-bond donors (Lipinski definition) is 1. The fraction of sp³-hybridized carbons (Fsp3) is 0.917. The molecule has 7 heteroatoms. The molecule has 1 radical (unpaired) electrons. The lowest BCUT2D eigenvalue weighted by atomic mass is 9.84. The summed E-state index contributed by atoms with van der Waals surface area (Å²) < 4.78 is 1.58. The molecule has 0 aromatic carbocycles. The first-order valence-corrected chi connectivity index (χ1v) is 7.89. The Kier molecular flexibility index (Phi) is 5.59. The summed E-state index contributed by atoms with van der Waals surface area (Å²) in [6, 6.07) is -0.392. The predicted octanol–water partition coefficient (Wildman–Crippen LogP) is 1.28. The van der Waals surface area contributed by atoms with Crippen molar-refractivity contribution < 1.29 is 5.11 Å². The predicted molar refractivity (Wildman–Crippen MR) is 73.6 cm³/mol. The molecule has 19 heavy (non-hydrogen) atoms. The summed E-state index contributed by atoms with van der Waals surface area (Å²) in [5, 5.41) is 21.9. The average molecular weight is 284 g/mol. The lowest BCUT2D eigenvalue weighted by Gasteiger charge is -2.26. The molecule has 0 bridgehead atoms. The highest BCUT2D eigenvalue weighted by Gasteiger charge is 2.22. The second-order valence-corrected chi connectivity index (χ2v) is 6.30. The van der Waals surface area contributed by atoms with Gasteiger partial charge < -0.3 is 5.11 Å². The summed E-state index contributed by atoms with van der Waals surface area (Å²) in [6.45, 7) is 0. The van der Waals surface area contributed by atoms with E-state index in [-0.39, 0.29) is 0 Å². The first-order chi connectivity index (χ1) is 9.16. The molecule has 1 heterocycles. The SMILES string of the molecule is Cn1nnnc1SC[C@H](O)[C@@H]([NH])CC1CCCCC1. The topological polar surface area (TPSA) is 87.6 Å². The van der Waals surface area contributed by atoms with Gasteiger partial charge in [-0.1, -0.05) is 43.9 Å². The van der Waals surface area contributed by atoms with Gasteiger partial charge in [0.25, 0.3) is 0 Å². The zero-order chi connectivity index (χ0) is 13.7. The van der Waals surface area contributed by atoms with Crippen LogP contribution in [0.2, 0.25) is 0 Å². The molecule has 1 fully saturated rings. The van der Waals surface area contributed by atoms with E-state index in [2.05, 4.69) is 15.5 Å². The molecule has 0 unspecified atom stereocenters. The van der Waals surface area contributed by atoms with E-state index in [0.717, 1.165) is 6.42 Å². The molecule has 1 aliphatic rings. The van der Waals surface area contributed by atoms with E-state index in [4.69, 9.17) is 5.73 Å². The standard InChI is InChI=1S/C12H22N5OS/c1-17-12(14-15-16-17)19-8-11(18)10(13)7-9-5-3-2-4-6-9/h9-11,13,18H,2-8H2,1H3/t10-,11-/m0/s1. The summed E-state index contributed by atoms with van der Waals surface area (Å²) in [6.07, 6.45) is 6.56.